The first-order valence-electron chi connectivity index (χ1n) is 19.2. The van der Waals surface area contributed by atoms with E-state index in [2.05, 4.69) is 38.1 Å². The molecule has 5 rings (SSSR count). The van der Waals surface area contributed by atoms with Crippen LogP contribution in [-0.4, -0.2) is 18.5 Å². The Balaban J connectivity index is 1.12. The van der Waals surface area contributed by atoms with Crippen LogP contribution in [0.4, 0.5) is 0 Å². The van der Waals surface area contributed by atoms with Crippen molar-refractivity contribution in [2.24, 2.45) is 11.8 Å². The molecule has 0 radical (unpaired) electrons. The van der Waals surface area contributed by atoms with Gasteiger partial charge in [0.2, 0.25) is 0 Å². The van der Waals surface area contributed by atoms with Gasteiger partial charge in [-0.15, -0.1) is 0 Å². The Morgan fingerprint density at radius 2 is 1.04 bits per heavy atom. The maximum Gasteiger partial charge on any atom is 0.338 e. The molecule has 0 unspecified atom stereocenters. The lowest BCUT2D eigenvalue weighted by molar-refractivity contribution is -0.00134. The summed E-state index contributed by atoms with van der Waals surface area (Å²) < 4.78 is 11.7. The maximum atomic E-state index is 13.3. The third-order valence-corrected chi connectivity index (χ3v) is 11.1. The molecule has 2 saturated carbocycles. The summed E-state index contributed by atoms with van der Waals surface area (Å²) in [7, 11) is 0. The lowest BCUT2D eigenvalue weighted by atomic mass is 9.77. The predicted octanol–water partition coefficient (Wildman–Crippen LogP) is 12.1. The van der Waals surface area contributed by atoms with E-state index in [9.17, 15) is 9.59 Å². The fourth-order valence-electron chi connectivity index (χ4n) is 8.02. The highest BCUT2D eigenvalue weighted by atomic mass is 16.6. The van der Waals surface area contributed by atoms with E-state index in [-0.39, 0.29) is 6.61 Å². The van der Waals surface area contributed by atoms with Crippen molar-refractivity contribution in [1.29, 1.82) is 0 Å². The van der Waals surface area contributed by atoms with Crippen LogP contribution in [0, 0.1) is 11.8 Å². The molecule has 0 aromatic heterocycles. The minimum absolute atomic E-state index is 0.0437. The van der Waals surface area contributed by atoms with E-state index < -0.39 is 18.0 Å². The molecule has 0 amide bonds. The molecule has 0 saturated heterocycles. The first kappa shape index (κ1) is 35.9. The van der Waals surface area contributed by atoms with Crippen LogP contribution in [0.15, 0.2) is 78.9 Å². The number of esters is 2. The van der Waals surface area contributed by atoms with Crippen LogP contribution in [0.2, 0.25) is 0 Å². The van der Waals surface area contributed by atoms with Crippen LogP contribution in [0.3, 0.4) is 0 Å². The van der Waals surface area contributed by atoms with E-state index in [1.807, 2.05) is 54.6 Å². The number of carbonyl (C=O) groups is 2. The van der Waals surface area contributed by atoms with Gasteiger partial charge < -0.3 is 9.47 Å². The minimum atomic E-state index is -0.697. The molecule has 0 heterocycles. The van der Waals surface area contributed by atoms with Crippen LogP contribution >= 0.6 is 0 Å². The molecule has 4 nitrogen and oxygen atoms in total. The van der Waals surface area contributed by atoms with Crippen LogP contribution < -0.4 is 0 Å². The average molecular weight is 651 g/mol. The molecule has 2 aliphatic rings. The topological polar surface area (TPSA) is 52.6 Å². The van der Waals surface area contributed by atoms with Gasteiger partial charge in [0.25, 0.3) is 0 Å². The van der Waals surface area contributed by atoms with Crippen molar-refractivity contribution < 1.29 is 19.1 Å². The number of hydrogen-bond donors (Lipinski definition) is 0. The van der Waals surface area contributed by atoms with Gasteiger partial charge in [0.05, 0.1) is 11.1 Å². The number of carbonyl (C=O) groups excluding carboxylic acids is 2. The Kier molecular flexibility index (Phi) is 14.2. The third-order valence-electron chi connectivity index (χ3n) is 11.1. The zero-order valence-corrected chi connectivity index (χ0v) is 29.5. The second-order valence-electron chi connectivity index (χ2n) is 14.6. The quantitative estimate of drug-likeness (QED) is 0.114. The molecule has 2 aliphatic carbocycles. The van der Waals surface area contributed by atoms with Gasteiger partial charge in [0.15, 0.2) is 6.10 Å². The molecule has 258 valence electrons. The lowest BCUT2D eigenvalue weighted by Gasteiger charge is -2.29. The molecule has 0 N–H and O–H groups in total. The molecule has 4 heteroatoms. The van der Waals surface area contributed by atoms with E-state index in [4.69, 9.17) is 9.47 Å². The summed E-state index contributed by atoms with van der Waals surface area (Å²) in [6.07, 6.45) is 20.2. The van der Waals surface area contributed by atoms with Gasteiger partial charge >= 0.3 is 11.9 Å². The summed E-state index contributed by atoms with van der Waals surface area (Å²) in [4.78, 5) is 26.4. The van der Waals surface area contributed by atoms with Crippen molar-refractivity contribution in [2.45, 2.75) is 135 Å². The molecular weight excluding hydrogens is 592 g/mol. The fourth-order valence-corrected chi connectivity index (χ4v) is 8.02. The standard InChI is InChI=1S/C44H58O4/c1-3-5-8-12-33-16-20-35(21-17-33)37-24-28-40(29-25-37)43(45)47-32-42(39-14-10-7-11-15-39)48-44(46)41-30-26-38(27-31-41)36-22-18-34(19-23-36)13-9-6-4-2/h7,10-11,14-15,24-31,33-36,42H,3-6,8-9,12-13,16-23,32H2,1-2H3/t33?,34?,35?,36?,42-/m1/s1. The highest BCUT2D eigenvalue weighted by molar-refractivity contribution is 5.90. The minimum Gasteiger partial charge on any atom is -0.458 e. The summed E-state index contributed by atoms with van der Waals surface area (Å²) in [6, 6.07) is 25.5. The van der Waals surface area contributed by atoms with Gasteiger partial charge in [-0.3, -0.25) is 0 Å². The van der Waals surface area contributed by atoms with Crippen LogP contribution in [0.1, 0.15) is 172 Å². The molecular formula is C44H58O4. The van der Waals surface area contributed by atoms with Gasteiger partial charge in [-0.25, -0.2) is 9.59 Å². The summed E-state index contributed by atoms with van der Waals surface area (Å²) in [5, 5.41) is 0. The van der Waals surface area contributed by atoms with Gasteiger partial charge in [-0.1, -0.05) is 120 Å². The van der Waals surface area contributed by atoms with Crippen LogP contribution in [0.25, 0.3) is 0 Å². The number of ether oxygens (including phenoxy) is 2. The predicted molar refractivity (Wildman–Crippen MR) is 195 cm³/mol. The van der Waals surface area contributed by atoms with Crippen LogP contribution in [-0.2, 0) is 9.47 Å². The molecule has 3 aromatic rings. The second-order valence-corrected chi connectivity index (χ2v) is 14.6. The SMILES string of the molecule is CCCCCC1CCC(c2ccc(C(=O)OC[C@@H](OC(=O)c3ccc(C4CCC(CCCCC)CC4)cc3)c3ccccc3)cc2)CC1. The summed E-state index contributed by atoms with van der Waals surface area (Å²) in [5.74, 6) is 2.09. The number of hydrogen-bond acceptors (Lipinski definition) is 4. The Labute approximate surface area is 290 Å². The zero-order valence-electron chi connectivity index (χ0n) is 29.5. The van der Waals surface area contributed by atoms with Crippen LogP contribution in [0.5, 0.6) is 0 Å². The summed E-state index contributed by atoms with van der Waals surface area (Å²) in [5.41, 5.74) is 4.47. The van der Waals surface area contributed by atoms with Crippen molar-refractivity contribution in [2.75, 3.05) is 6.61 Å². The highest BCUT2D eigenvalue weighted by Gasteiger charge is 2.25. The molecule has 0 spiro atoms. The van der Waals surface area contributed by atoms with Gasteiger partial charge in [0, 0.05) is 0 Å². The molecule has 48 heavy (non-hydrogen) atoms. The zero-order chi connectivity index (χ0) is 33.6. The summed E-state index contributed by atoms with van der Waals surface area (Å²) >= 11 is 0. The average Bonchev–Trinajstić information content (AvgIpc) is 3.14. The van der Waals surface area contributed by atoms with E-state index in [1.54, 1.807) is 0 Å². The first-order chi connectivity index (χ1) is 23.5. The molecule has 1 atom stereocenters. The van der Waals surface area contributed by atoms with Gasteiger partial charge in [-0.2, -0.15) is 0 Å². The summed E-state index contributed by atoms with van der Waals surface area (Å²) in [6.45, 7) is 4.50. The largest absolute Gasteiger partial charge is 0.458 e. The highest BCUT2D eigenvalue weighted by Crippen LogP contribution is 2.39. The Bertz CT molecular complexity index is 1360. The normalized spacial score (nSPS) is 21.7. The van der Waals surface area contributed by atoms with Crippen molar-refractivity contribution >= 4 is 11.9 Å². The van der Waals surface area contributed by atoms with E-state index in [0.717, 1.165) is 17.4 Å². The van der Waals surface area contributed by atoms with Crippen molar-refractivity contribution in [3.63, 3.8) is 0 Å². The fraction of sp³-hybridized carbons (Fsp3) is 0.545. The second kappa shape index (κ2) is 19.0. The number of benzene rings is 3. The molecule has 3 aromatic carbocycles. The molecule has 0 bridgehead atoms. The molecule has 0 aliphatic heterocycles. The number of rotatable bonds is 16. The first-order valence-corrected chi connectivity index (χ1v) is 19.2. The van der Waals surface area contributed by atoms with Gasteiger partial charge in [0.1, 0.15) is 6.61 Å². The van der Waals surface area contributed by atoms with Crippen molar-refractivity contribution in [3.05, 3.63) is 107 Å². The van der Waals surface area contributed by atoms with E-state index in [0.29, 0.717) is 23.0 Å². The van der Waals surface area contributed by atoms with Crippen molar-refractivity contribution in [1.82, 2.24) is 0 Å². The smallest absolute Gasteiger partial charge is 0.338 e. The Hall–Kier alpha value is -3.40. The maximum absolute atomic E-state index is 13.3. The van der Waals surface area contributed by atoms with Crippen molar-refractivity contribution in [3.8, 4) is 0 Å². The molecule has 2 fully saturated rings. The number of unbranched alkanes of at least 4 members (excludes halogenated alkanes) is 4. The van der Waals surface area contributed by atoms with Gasteiger partial charge in [-0.05, 0) is 116 Å². The Morgan fingerprint density at radius 3 is 1.50 bits per heavy atom. The third kappa shape index (κ3) is 10.5. The monoisotopic (exact) mass is 650 g/mol. The lowest BCUT2D eigenvalue weighted by Crippen LogP contribution is -2.19. The van der Waals surface area contributed by atoms with E-state index in [1.165, 1.54) is 114 Å². The Morgan fingerprint density at radius 1 is 0.583 bits per heavy atom. The van der Waals surface area contributed by atoms with E-state index >= 15 is 0 Å².